The van der Waals surface area contributed by atoms with E-state index in [-0.39, 0.29) is 12.4 Å². The van der Waals surface area contributed by atoms with E-state index in [1.54, 1.807) is 30.3 Å². The van der Waals surface area contributed by atoms with Gasteiger partial charge in [0, 0.05) is 5.69 Å². The number of carbonyl (C=O) groups is 1. The second-order valence-corrected chi connectivity index (χ2v) is 5.06. The molecule has 0 bridgehead atoms. The molecule has 0 saturated carbocycles. The maximum atomic E-state index is 13.1. The second kappa shape index (κ2) is 7.04. The molecule has 2 N–H and O–H groups in total. The van der Waals surface area contributed by atoms with Crippen LogP contribution in [-0.2, 0) is 11.4 Å². The highest BCUT2D eigenvalue weighted by atomic mass is 19.1. The topological polar surface area (TPSA) is 58.6 Å². The molecule has 1 amide bonds. The van der Waals surface area contributed by atoms with E-state index in [0.29, 0.717) is 11.4 Å². The monoisotopic (exact) mass is 303 g/mol. The number of aryl methyl sites for hydroxylation is 1. The van der Waals surface area contributed by atoms with Gasteiger partial charge in [0.15, 0.2) is 0 Å². The van der Waals surface area contributed by atoms with Crippen LogP contribution in [0.4, 0.5) is 10.1 Å². The maximum absolute atomic E-state index is 13.1. The first kappa shape index (κ1) is 16.0. The predicted molar refractivity (Wildman–Crippen MR) is 82.2 cm³/mol. The Morgan fingerprint density at radius 3 is 2.73 bits per heavy atom. The van der Waals surface area contributed by atoms with Crippen molar-refractivity contribution in [2.75, 3.05) is 5.32 Å². The molecule has 0 aliphatic heterocycles. The number of benzene rings is 2. The number of rotatable bonds is 5. The summed E-state index contributed by atoms with van der Waals surface area (Å²) in [5.74, 6) is -0.137. The third kappa shape index (κ3) is 4.30. The molecule has 0 aromatic heterocycles. The average molecular weight is 303 g/mol. The molecule has 2 aromatic carbocycles. The minimum atomic E-state index is -1.07. The van der Waals surface area contributed by atoms with E-state index in [0.717, 1.165) is 11.1 Å². The van der Waals surface area contributed by atoms with E-state index in [4.69, 9.17) is 4.74 Å². The van der Waals surface area contributed by atoms with Crippen molar-refractivity contribution in [2.45, 2.75) is 26.6 Å². The molecule has 4 nitrogen and oxygen atoms in total. The van der Waals surface area contributed by atoms with E-state index >= 15 is 0 Å². The van der Waals surface area contributed by atoms with Gasteiger partial charge in [-0.1, -0.05) is 12.1 Å². The molecule has 0 heterocycles. The standard InChI is InChI=1S/C17H18FNO3/c1-11-8-15(6-7-16(11)19-17(21)12(2)20)22-10-13-4-3-5-14(18)9-13/h3-9,12,20H,10H2,1-2H3,(H,19,21). The molecule has 1 atom stereocenters. The summed E-state index contributed by atoms with van der Waals surface area (Å²) in [7, 11) is 0. The van der Waals surface area contributed by atoms with Gasteiger partial charge < -0.3 is 15.2 Å². The van der Waals surface area contributed by atoms with Gasteiger partial charge in [0.25, 0.3) is 5.91 Å². The van der Waals surface area contributed by atoms with Crippen molar-refractivity contribution in [2.24, 2.45) is 0 Å². The largest absolute Gasteiger partial charge is 0.489 e. The lowest BCUT2D eigenvalue weighted by atomic mass is 10.2. The van der Waals surface area contributed by atoms with Gasteiger partial charge in [-0.15, -0.1) is 0 Å². The van der Waals surface area contributed by atoms with Crippen LogP contribution >= 0.6 is 0 Å². The van der Waals surface area contributed by atoms with Crippen molar-refractivity contribution in [3.05, 3.63) is 59.4 Å². The Kier molecular flexibility index (Phi) is 5.12. The molecular formula is C17H18FNO3. The molecular weight excluding hydrogens is 285 g/mol. The zero-order valence-electron chi connectivity index (χ0n) is 12.5. The Morgan fingerprint density at radius 1 is 1.32 bits per heavy atom. The van der Waals surface area contributed by atoms with Gasteiger partial charge in [-0.25, -0.2) is 4.39 Å². The van der Waals surface area contributed by atoms with E-state index in [1.165, 1.54) is 19.1 Å². The van der Waals surface area contributed by atoms with Gasteiger partial charge in [-0.3, -0.25) is 4.79 Å². The highest BCUT2D eigenvalue weighted by molar-refractivity contribution is 5.94. The van der Waals surface area contributed by atoms with Crippen LogP contribution in [0.1, 0.15) is 18.1 Å². The van der Waals surface area contributed by atoms with Crippen LogP contribution in [0.15, 0.2) is 42.5 Å². The summed E-state index contributed by atoms with van der Waals surface area (Å²) in [4.78, 5) is 11.5. The van der Waals surface area contributed by atoms with E-state index < -0.39 is 12.0 Å². The molecule has 2 rings (SSSR count). The van der Waals surface area contributed by atoms with Crippen molar-refractivity contribution >= 4 is 11.6 Å². The zero-order valence-corrected chi connectivity index (χ0v) is 12.5. The fourth-order valence-corrected chi connectivity index (χ4v) is 1.90. The summed E-state index contributed by atoms with van der Waals surface area (Å²) < 4.78 is 18.7. The summed E-state index contributed by atoms with van der Waals surface area (Å²) in [5, 5.41) is 11.8. The van der Waals surface area contributed by atoms with Gasteiger partial charge in [0.05, 0.1) is 0 Å². The van der Waals surface area contributed by atoms with Crippen LogP contribution in [0.25, 0.3) is 0 Å². The third-order valence-corrected chi connectivity index (χ3v) is 3.13. The quantitative estimate of drug-likeness (QED) is 0.892. The first-order valence-electron chi connectivity index (χ1n) is 6.92. The molecule has 0 aliphatic carbocycles. The van der Waals surface area contributed by atoms with Crippen LogP contribution < -0.4 is 10.1 Å². The van der Waals surface area contributed by atoms with E-state index in [2.05, 4.69) is 5.32 Å². The number of ether oxygens (including phenoxy) is 1. The fourth-order valence-electron chi connectivity index (χ4n) is 1.90. The van der Waals surface area contributed by atoms with Crippen LogP contribution in [0.2, 0.25) is 0 Å². The predicted octanol–water partition coefficient (Wildman–Crippen LogP) is 3.03. The van der Waals surface area contributed by atoms with Gasteiger partial charge >= 0.3 is 0 Å². The molecule has 116 valence electrons. The van der Waals surface area contributed by atoms with Crippen molar-refractivity contribution in [3.63, 3.8) is 0 Å². The number of anilines is 1. The number of hydrogen-bond donors (Lipinski definition) is 2. The summed E-state index contributed by atoms with van der Waals surface area (Å²) in [5.41, 5.74) is 2.17. The van der Waals surface area contributed by atoms with Crippen molar-refractivity contribution < 1.29 is 19.0 Å². The molecule has 0 fully saturated rings. The Hall–Kier alpha value is -2.40. The summed E-state index contributed by atoms with van der Waals surface area (Å²) in [6.07, 6.45) is -1.07. The molecule has 0 saturated heterocycles. The Balaban J connectivity index is 2.01. The molecule has 2 aromatic rings. The van der Waals surface area contributed by atoms with Gasteiger partial charge in [-0.05, 0) is 55.3 Å². The van der Waals surface area contributed by atoms with Crippen LogP contribution in [0, 0.1) is 12.7 Å². The highest BCUT2D eigenvalue weighted by Gasteiger charge is 2.10. The number of hydrogen-bond acceptors (Lipinski definition) is 3. The molecule has 22 heavy (non-hydrogen) atoms. The number of amides is 1. The molecule has 0 radical (unpaired) electrons. The summed E-state index contributed by atoms with van der Waals surface area (Å²) >= 11 is 0. The zero-order chi connectivity index (χ0) is 16.1. The first-order valence-corrected chi connectivity index (χ1v) is 6.92. The van der Waals surface area contributed by atoms with Crippen molar-refractivity contribution in [3.8, 4) is 5.75 Å². The normalized spacial score (nSPS) is 11.8. The Labute approximate surface area is 128 Å². The summed E-state index contributed by atoms with van der Waals surface area (Å²) in [6, 6.07) is 11.4. The SMILES string of the molecule is Cc1cc(OCc2cccc(F)c2)ccc1NC(=O)C(C)O. The maximum Gasteiger partial charge on any atom is 0.252 e. The van der Waals surface area contributed by atoms with Crippen LogP contribution in [-0.4, -0.2) is 17.1 Å². The van der Waals surface area contributed by atoms with Gasteiger partial charge in [0.1, 0.15) is 24.3 Å². The van der Waals surface area contributed by atoms with Gasteiger partial charge in [0.2, 0.25) is 0 Å². The molecule has 0 aliphatic rings. The smallest absolute Gasteiger partial charge is 0.252 e. The minimum absolute atomic E-state index is 0.260. The van der Waals surface area contributed by atoms with Crippen molar-refractivity contribution in [1.29, 1.82) is 0 Å². The number of nitrogens with one attached hydrogen (secondary N) is 1. The van der Waals surface area contributed by atoms with E-state index in [9.17, 15) is 14.3 Å². The number of aliphatic hydroxyl groups is 1. The lowest BCUT2D eigenvalue weighted by Crippen LogP contribution is -2.24. The average Bonchev–Trinajstić information content (AvgIpc) is 2.47. The third-order valence-electron chi connectivity index (χ3n) is 3.13. The summed E-state index contributed by atoms with van der Waals surface area (Å²) in [6.45, 7) is 3.49. The van der Waals surface area contributed by atoms with Crippen LogP contribution in [0.5, 0.6) is 5.75 Å². The fraction of sp³-hybridized carbons (Fsp3) is 0.235. The molecule has 1 unspecified atom stereocenters. The lowest BCUT2D eigenvalue weighted by molar-refractivity contribution is -0.123. The van der Waals surface area contributed by atoms with Gasteiger partial charge in [-0.2, -0.15) is 0 Å². The number of carbonyl (C=O) groups excluding carboxylic acids is 1. The van der Waals surface area contributed by atoms with E-state index in [1.807, 2.05) is 6.92 Å². The first-order chi connectivity index (χ1) is 10.5. The Bertz CT molecular complexity index is 671. The lowest BCUT2D eigenvalue weighted by Gasteiger charge is -2.12. The second-order valence-electron chi connectivity index (χ2n) is 5.06. The van der Waals surface area contributed by atoms with Crippen LogP contribution in [0.3, 0.4) is 0 Å². The minimum Gasteiger partial charge on any atom is -0.489 e. The number of halogens is 1. The Morgan fingerprint density at radius 2 is 2.09 bits per heavy atom. The molecule has 0 spiro atoms. The highest BCUT2D eigenvalue weighted by Crippen LogP contribution is 2.22. The van der Waals surface area contributed by atoms with Crippen molar-refractivity contribution in [1.82, 2.24) is 0 Å². The number of aliphatic hydroxyl groups excluding tert-OH is 1. The molecule has 5 heteroatoms.